The number of likely N-dealkylation sites (N-methyl/N-ethyl adjacent to an activating group) is 1. The summed E-state index contributed by atoms with van der Waals surface area (Å²) in [4.78, 5) is 71.1. The number of amides is 5. The van der Waals surface area contributed by atoms with Gasteiger partial charge in [0, 0.05) is 19.6 Å². The fourth-order valence-corrected chi connectivity index (χ4v) is 7.43. The number of nitrogens with one attached hydrogen (secondary N) is 4. The lowest BCUT2D eigenvalue weighted by atomic mass is 9.90. The van der Waals surface area contributed by atoms with Gasteiger partial charge in [0.2, 0.25) is 29.5 Å². The third kappa shape index (κ3) is 13.0. The maximum Gasteiger partial charge on any atom is 0.246 e. The Hall–Kier alpha value is -2.81. The predicted octanol–water partition coefficient (Wildman–Crippen LogP) is 1.97. The van der Waals surface area contributed by atoms with Gasteiger partial charge in [-0.1, -0.05) is 78.6 Å². The monoisotopic (exact) mass is 722 g/mol. The summed E-state index contributed by atoms with van der Waals surface area (Å²) in [6, 6.07) is -4.01. The molecule has 0 radical (unpaired) electrons. The molecule has 8 N–H and O–H groups in total. The Morgan fingerprint density at radius 2 is 1.43 bits per heavy atom. The molecular formula is C37H67N7O7. The van der Waals surface area contributed by atoms with E-state index in [0.717, 1.165) is 64.2 Å². The number of nitrogens with two attached hydrogens (primary N) is 2. The number of nitrogens with zero attached hydrogens (tertiary/aromatic N) is 1. The van der Waals surface area contributed by atoms with Crippen LogP contribution in [-0.4, -0.2) is 103 Å². The van der Waals surface area contributed by atoms with E-state index in [0.29, 0.717) is 32.1 Å². The van der Waals surface area contributed by atoms with Crippen LogP contribution in [-0.2, 0) is 33.4 Å². The van der Waals surface area contributed by atoms with Gasteiger partial charge in [0.1, 0.15) is 30.4 Å². The molecule has 0 unspecified atom stereocenters. The third-order valence-corrected chi connectivity index (χ3v) is 10.8. The van der Waals surface area contributed by atoms with Crippen LogP contribution in [0.3, 0.4) is 0 Å². The maximum atomic E-state index is 14.1. The number of ether oxygens (including phenoxy) is 2. The lowest BCUT2D eigenvalue weighted by Crippen LogP contribution is -2.62. The molecule has 0 aromatic rings. The van der Waals surface area contributed by atoms with E-state index in [-0.39, 0.29) is 37.1 Å². The minimum absolute atomic E-state index is 0.0334. The van der Waals surface area contributed by atoms with Crippen molar-refractivity contribution >= 4 is 29.5 Å². The zero-order chi connectivity index (χ0) is 37.5. The maximum absolute atomic E-state index is 14.1. The minimum atomic E-state index is -1.17. The molecule has 3 rings (SSSR count). The van der Waals surface area contributed by atoms with E-state index in [2.05, 4.69) is 28.2 Å². The number of carbonyl (C=O) groups excluding carboxylic acids is 5. The molecule has 1 aliphatic heterocycles. The topological polar surface area (TPSA) is 207 Å². The molecule has 7 atom stereocenters. The first-order valence-corrected chi connectivity index (χ1v) is 19.6. The first-order valence-electron chi connectivity index (χ1n) is 19.6. The van der Waals surface area contributed by atoms with E-state index in [4.69, 9.17) is 20.9 Å². The summed E-state index contributed by atoms with van der Waals surface area (Å²) in [6.45, 7) is 7.21. The predicted molar refractivity (Wildman–Crippen MR) is 195 cm³/mol. The third-order valence-electron chi connectivity index (χ3n) is 10.8. The molecule has 3 aliphatic rings. The van der Waals surface area contributed by atoms with Gasteiger partial charge in [0.15, 0.2) is 0 Å². The molecule has 2 aliphatic carbocycles. The van der Waals surface area contributed by atoms with Gasteiger partial charge in [-0.3, -0.25) is 24.0 Å². The number of carbonyl (C=O) groups is 5. The summed E-state index contributed by atoms with van der Waals surface area (Å²) in [7, 11) is 1.63. The molecular weight excluding hydrogens is 654 g/mol. The van der Waals surface area contributed by atoms with Crippen LogP contribution in [0.2, 0.25) is 0 Å². The van der Waals surface area contributed by atoms with Gasteiger partial charge in [0.05, 0.1) is 24.7 Å². The lowest BCUT2D eigenvalue weighted by molar-refractivity contribution is -0.150. The van der Waals surface area contributed by atoms with Gasteiger partial charge in [0.25, 0.3) is 0 Å². The molecule has 0 spiro atoms. The molecule has 292 valence electrons. The fraction of sp³-hybridized carbons (Fsp3) is 0.865. The van der Waals surface area contributed by atoms with Crippen LogP contribution < -0.4 is 32.7 Å². The summed E-state index contributed by atoms with van der Waals surface area (Å²) in [6.07, 6.45) is 10.7. The Labute approximate surface area is 305 Å². The molecule has 1 heterocycles. The highest BCUT2D eigenvalue weighted by Crippen LogP contribution is 2.27. The van der Waals surface area contributed by atoms with Crippen molar-refractivity contribution < 1.29 is 33.4 Å². The average Bonchev–Trinajstić information content (AvgIpc) is 3.38. The normalized spacial score (nSPS) is 32.8. The molecule has 5 amide bonds. The standard InChI is InChI=1S/C37H67N7O7/c1-6-8-9-14-18-31-23(3)37(49)44(5)30(15-7-2)35(47)43-32(25-16-12-10-11-13-17-25)36(48)41-28(21-38)33(45)42-29(34(46)40-24(4)51-31)22-50-27-19-26(39)20-27/h23-32H,6-22,38-39H2,1-5H3,(H,40,46)(H,41,48)(H,42,45)(H,43,47)/t23-,24+,26-,27-,28+,29+,30+,31-,32+/m1/s1. The summed E-state index contributed by atoms with van der Waals surface area (Å²) in [5.74, 6) is -3.14. The smallest absolute Gasteiger partial charge is 0.246 e. The van der Waals surface area contributed by atoms with Gasteiger partial charge in [-0.05, 0) is 51.4 Å². The largest absolute Gasteiger partial charge is 0.375 e. The van der Waals surface area contributed by atoms with Crippen LogP contribution in [0.25, 0.3) is 0 Å². The van der Waals surface area contributed by atoms with Crippen molar-refractivity contribution in [3.05, 3.63) is 0 Å². The number of unbranched alkanes of at least 4 members (excludes halogenated alkanes) is 3. The Kier molecular flexibility index (Phi) is 18.1. The van der Waals surface area contributed by atoms with Gasteiger partial charge in [-0.2, -0.15) is 0 Å². The number of hydrogen-bond donors (Lipinski definition) is 6. The van der Waals surface area contributed by atoms with Crippen LogP contribution in [0.15, 0.2) is 0 Å². The molecule has 3 fully saturated rings. The first kappa shape index (κ1) is 42.6. The molecule has 0 aromatic heterocycles. The zero-order valence-electron chi connectivity index (χ0n) is 31.8. The van der Waals surface area contributed by atoms with Crippen LogP contribution in [0.5, 0.6) is 0 Å². The Morgan fingerprint density at radius 3 is 2.04 bits per heavy atom. The Bertz CT molecular complexity index is 1130. The molecule has 2 saturated carbocycles. The highest BCUT2D eigenvalue weighted by molar-refractivity contribution is 5.96. The van der Waals surface area contributed by atoms with E-state index >= 15 is 0 Å². The van der Waals surface area contributed by atoms with E-state index in [1.54, 1.807) is 20.9 Å². The van der Waals surface area contributed by atoms with Crippen molar-refractivity contribution in [3.63, 3.8) is 0 Å². The highest BCUT2D eigenvalue weighted by Gasteiger charge is 2.39. The van der Waals surface area contributed by atoms with Crippen LogP contribution in [0.1, 0.15) is 124 Å². The minimum Gasteiger partial charge on any atom is -0.375 e. The summed E-state index contributed by atoms with van der Waals surface area (Å²) in [5, 5.41) is 11.4. The average molecular weight is 722 g/mol. The molecule has 1 saturated heterocycles. The van der Waals surface area contributed by atoms with E-state index in [9.17, 15) is 24.0 Å². The van der Waals surface area contributed by atoms with Gasteiger partial charge < -0.3 is 47.1 Å². The van der Waals surface area contributed by atoms with E-state index < -0.39 is 66.0 Å². The molecule has 51 heavy (non-hydrogen) atoms. The van der Waals surface area contributed by atoms with Crippen LogP contribution in [0.4, 0.5) is 0 Å². The van der Waals surface area contributed by atoms with Gasteiger partial charge in [-0.15, -0.1) is 0 Å². The summed E-state index contributed by atoms with van der Waals surface area (Å²) in [5.41, 5.74) is 12.0. The number of hydrogen-bond acceptors (Lipinski definition) is 9. The van der Waals surface area contributed by atoms with E-state index in [1.807, 2.05) is 6.92 Å². The van der Waals surface area contributed by atoms with Crippen molar-refractivity contribution in [2.75, 3.05) is 20.2 Å². The van der Waals surface area contributed by atoms with Crippen LogP contribution >= 0.6 is 0 Å². The quantitative estimate of drug-likeness (QED) is 0.129. The highest BCUT2D eigenvalue weighted by atomic mass is 16.5. The molecule has 14 heteroatoms. The van der Waals surface area contributed by atoms with Crippen molar-refractivity contribution in [2.45, 2.75) is 173 Å². The summed E-state index contributed by atoms with van der Waals surface area (Å²) >= 11 is 0. The Morgan fingerprint density at radius 1 is 0.784 bits per heavy atom. The van der Waals surface area contributed by atoms with E-state index in [1.165, 1.54) is 4.90 Å². The lowest BCUT2D eigenvalue weighted by Gasteiger charge is -2.36. The zero-order valence-corrected chi connectivity index (χ0v) is 31.8. The molecule has 0 aromatic carbocycles. The van der Waals surface area contributed by atoms with Crippen molar-refractivity contribution in [1.29, 1.82) is 0 Å². The number of rotatable bonds is 12. The van der Waals surface area contributed by atoms with Crippen molar-refractivity contribution in [2.24, 2.45) is 23.3 Å². The van der Waals surface area contributed by atoms with Crippen molar-refractivity contribution in [3.8, 4) is 0 Å². The Balaban J connectivity index is 1.99. The molecule has 0 bridgehead atoms. The fourth-order valence-electron chi connectivity index (χ4n) is 7.43. The first-order chi connectivity index (χ1) is 24.4. The SMILES string of the molecule is CCCCCC[C@H]1O[C@@H](C)NC(=O)[C@H](CO[C@H]2C[C@H](N)C2)NC(=O)[C@H](CN)NC(=O)[C@H](C2CCCCCC2)NC(=O)[C@H](CCC)N(C)C(=O)[C@@H]1C. The molecule has 14 nitrogen and oxygen atoms in total. The van der Waals surface area contributed by atoms with Gasteiger partial charge >= 0.3 is 0 Å². The van der Waals surface area contributed by atoms with Crippen molar-refractivity contribution in [1.82, 2.24) is 26.2 Å². The summed E-state index contributed by atoms with van der Waals surface area (Å²) < 4.78 is 12.3. The second-order valence-electron chi connectivity index (χ2n) is 15.0. The second-order valence-corrected chi connectivity index (χ2v) is 15.0. The van der Waals surface area contributed by atoms with Crippen LogP contribution in [0, 0.1) is 11.8 Å². The second kappa shape index (κ2) is 21.7. The van der Waals surface area contributed by atoms with Gasteiger partial charge in [-0.25, -0.2) is 0 Å².